The fraction of sp³-hybridized carbons (Fsp3) is 0.577. The molecule has 2 aliphatic rings. The first kappa shape index (κ1) is 21.7. The fourth-order valence-electron chi connectivity index (χ4n) is 4.58. The van der Waals surface area contributed by atoms with E-state index in [1.165, 1.54) is 29.5 Å². The van der Waals surface area contributed by atoms with Crippen LogP contribution < -0.4 is 4.74 Å². The molecule has 0 heterocycles. The van der Waals surface area contributed by atoms with Gasteiger partial charge < -0.3 is 9.84 Å². The molecule has 1 aromatic carbocycles. The Balaban J connectivity index is 1.94. The van der Waals surface area contributed by atoms with Crippen molar-refractivity contribution in [3.8, 4) is 5.75 Å². The van der Waals surface area contributed by atoms with Crippen molar-refractivity contribution >= 4 is 5.97 Å². The number of allylic oxidation sites excluding steroid dienone is 3. The Morgan fingerprint density at radius 3 is 2.24 bits per heavy atom. The number of rotatable bonds is 7. The number of aliphatic carboxylic acids is 1. The summed E-state index contributed by atoms with van der Waals surface area (Å²) in [6, 6.07) is 4.60. The Labute approximate surface area is 175 Å². The average molecular weight is 397 g/mol. The van der Waals surface area contributed by atoms with Gasteiger partial charge in [-0.05, 0) is 91.0 Å². The molecule has 1 saturated carbocycles. The molecule has 0 bridgehead atoms. The first-order valence-corrected chi connectivity index (χ1v) is 11.0. The van der Waals surface area contributed by atoms with E-state index in [4.69, 9.17) is 4.74 Å². The Kier molecular flexibility index (Phi) is 5.98. The Morgan fingerprint density at radius 1 is 1.14 bits per heavy atom. The summed E-state index contributed by atoms with van der Waals surface area (Å²) >= 11 is 0. The Bertz CT molecular complexity index is 851. The predicted molar refractivity (Wildman–Crippen MR) is 119 cm³/mol. The normalized spacial score (nSPS) is 20.9. The van der Waals surface area contributed by atoms with Crippen molar-refractivity contribution in [3.63, 3.8) is 0 Å². The predicted octanol–water partition coefficient (Wildman–Crippen LogP) is 6.34. The highest BCUT2D eigenvalue weighted by atomic mass is 16.5. The standard InChI is InChI=1S/C26H36O3/c1-7-29-22-16-21-20(25(3,4)13-14-26(21,5)6)15-19(22)10-8-9-17(2)23(24(27)28)18-11-12-18/h8-9,15-16,18H,7,10-14H2,1-6H3,(H,27,28). The summed E-state index contributed by atoms with van der Waals surface area (Å²) in [6.45, 7) is 13.9. The van der Waals surface area contributed by atoms with E-state index in [9.17, 15) is 9.90 Å². The molecule has 0 radical (unpaired) electrons. The molecule has 0 unspecified atom stereocenters. The SMILES string of the molecule is CCOc1cc2c(cc1CC=CC(C)=C(C(=O)O)C1CC1)C(C)(C)CCC2(C)C. The lowest BCUT2D eigenvalue weighted by Crippen LogP contribution is -2.34. The average Bonchev–Trinajstić information content (AvgIpc) is 3.44. The van der Waals surface area contributed by atoms with Crippen molar-refractivity contribution in [2.75, 3.05) is 6.61 Å². The maximum absolute atomic E-state index is 11.6. The summed E-state index contributed by atoms with van der Waals surface area (Å²) in [5, 5.41) is 9.51. The zero-order valence-electron chi connectivity index (χ0n) is 18.9. The molecular weight excluding hydrogens is 360 g/mol. The van der Waals surface area contributed by atoms with E-state index >= 15 is 0 Å². The molecule has 2 aliphatic carbocycles. The van der Waals surface area contributed by atoms with Gasteiger partial charge in [-0.1, -0.05) is 45.9 Å². The van der Waals surface area contributed by atoms with Crippen LogP contribution in [0.25, 0.3) is 0 Å². The van der Waals surface area contributed by atoms with E-state index in [0.717, 1.165) is 30.6 Å². The molecule has 3 rings (SSSR count). The molecule has 158 valence electrons. The van der Waals surface area contributed by atoms with E-state index in [1.54, 1.807) is 0 Å². The number of fused-ring (bicyclic) bond motifs is 1. The smallest absolute Gasteiger partial charge is 0.332 e. The second-order valence-corrected chi connectivity index (χ2v) is 9.99. The molecule has 3 nitrogen and oxygen atoms in total. The third-order valence-electron chi connectivity index (χ3n) is 6.68. The Morgan fingerprint density at radius 2 is 1.72 bits per heavy atom. The lowest BCUT2D eigenvalue weighted by Gasteiger charge is -2.42. The number of benzene rings is 1. The zero-order chi connectivity index (χ0) is 21.4. The van der Waals surface area contributed by atoms with E-state index in [0.29, 0.717) is 12.2 Å². The van der Waals surface area contributed by atoms with Gasteiger partial charge in [0.25, 0.3) is 0 Å². The van der Waals surface area contributed by atoms with E-state index in [2.05, 4.69) is 45.9 Å². The number of carboxylic acid groups (broad SMARTS) is 1. The number of carboxylic acids is 1. The third kappa shape index (κ3) is 4.60. The Hall–Kier alpha value is -2.03. The van der Waals surface area contributed by atoms with Crippen molar-refractivity contribution in [3.05, 3.63) is 52.1 Å². The van der Waals surface area contributed by atoms with Crippen LogP contribution in [0.2, 0.25) is 0 Å². The second kappa shape index (κ2) is 8.01. The number of hydrogen-bond donors (Lipinski definition) is 1. The van der Waals surface area contributed by atoms with E-state index < -0.39 is 5.97 Å². The monoisotopic (exact) mass is 396 g/mol. The minimum absolute atomic E-state index is 0.158. The number of carbonyl (C=O) groups is 1. The summed E-state index contributed by atoms with van der Waals surface area (Å²) in [6.07, 6.45) is 9.17. The molecular formula is C26H36O3. The molecule has 29 heavy (non-hydrogen) atoms. The van der Waals surface area contributed by atoms with Gasteiger partial charge in [-0.25, -0.2) is 4.79 Å². The highest BCUT2D eigenvalue weighted by Gasteiger charge is 2.37. The molecule has 0 amide bonds. The molecule has 0 spiro atoms. The van der Waals surface area contributed by atoms with Crippen LogP contribution in [0, 0.1) is 5.92 Å². The van der Waals surface area contributed by atoms with Gasteiger partial charge in [-0.2, -0.15) is 0 Å². The van der Waals surface area contributed by atoms with E-state index in [-0.39, 0.29) is 16.7 Å². The van der Waals surface area contributed by atoms with Gasteiger partial charge in [0, 0.05) is 5.57 Å². The molecule has 1 fully saturated rings. The quantitative estimate of drug-likeness (QED) is 0.432. The van der Waals surface area contributed by atoms with Crippen LogP contribution >= 0.6 is 0 Å². The van der Waals surface area contributed by atoms with Gasteiger partial charge in [0.1, 0.15) is 5.75 Å². The topological polar surface area (TPSA) is 46.5 Å². The minimum Gasteiger partial charge on any atom is -0.494 e. The summed E-state index contributed by atoms with van der Waals surface area (Å²) in [7, 11) is 0. The van der Waals surface area contributed by atoms with Gasteiger partial charge >= 0.3 is 5.97 Å². The van der Waals surface area contributed by atoms with Gasteiger partial charge in [0.2, 0.25) is 0 Å². The summed E-state index contributed by atoms with van der Waals surface area (Å²) in [5.74, 6) is 0.425. The van der Waals surface area contributed by atoms with Crippen molar-refractivity contribution < 1.29 is 14.6 Å². The molecule has 0 aliphatic heterocycles. The molecule has 1 aromatic rings. The maximum atomic E-state index is 11.6. The van der Waals surface area contributed by atoms with Crippen molar-refractivity contribution in [2.24, 2.45) is 5.92 Å². The van der Waals surface area contributed by atoms with Gasteiger partial charge in [0.05, 0.1) is 6.61 Å². The van der Waals surface area contributed by atoms with Crippen LogP contribution in [-0.4, -0.2) is 17.7 Å². The first-order valence-electron chi connectivity index (χ1n) is 11.0. The van der Waals surface area contributed by atoms with Crippen molar-refractivity contribution in [1.29, 1.82) is 0 Å². The van der Waals surface area contributed by atoms with Crippen molar-refractivity contribution in [2.45, 2.75) is 84.5 Å². The van der Waals surface area contributed by atoms with Crippen LogP contribution in [0.4, 0.5) is 0 Å². The molecule has 3 heteroatoms. The maximum Gasteiger partial charge on any atom is 0.332 e. The third-order valence-corrected chi connectivity index (χ3v) is 6.68. The summed E-state index contributed by atoms with van der Waals surface area (Å²) < 4.78 is 6.02. The number of ether oxygens (including phenoxy) is 1. The molecule has 0 atom stereocenters. The lowest BCUT2D eigenvalue weighted by molar-refractivity contribution is -0.133. The minimum atomic E-state index is -0.776. The van der Waals surface area contributed by atoms with Gasteiger partial charge in [-0.15, -0.1) is 0 Å². The molecule has 0 aromatic heterocycles. The van der Waals surface area contributed by atoms with Crippen molar-refractivity contribution in [1.82, 2.24) is 0 Å². The fourth-order valence-corrected chi connectivity index (χ4v) is 4.58. The lowest BCUT2D eigenvalue weighted by atomic mass is 9.63. The van der Waals surface area contributed by atoms with Crippen LogP contribution in [0.15, 0.2) is 35.4 Å². The first-order chi connectivity index (χ1) is 13.6. The molecule has 1 N–H and O–H groups in total. The van der Waals surface area contributed by atoms with Gasteiger partial charge in [-0.3, -0.25) is 0 Å². The second-order valence-electron chi connectivity index (χ2n) is 9.99. The zero-order valence-corrected chi connectivity index (χ0v) is 18.9. The van der Waals surface area contributed by atoms with Crippen LogP contribution in [0.5, 0.6) is 5.75 Å². The van der Waals surface area contributed by atoms with Crippen LogP contribution in [0.3, 0.4) is 0 Å². The van der Waals surface area contributed by atoms with E-state index in [1.807, 2.05) is 19.9 Å². The summed E-state index contributed by atoms with van der Waals surface area (Å²) in [5.41, 5.74) is 5.79. The van der Waals surface area contributed by atoms with Crippen LogP contribution in [0.1, 0.15) is 83.9 Å². The van der Waals surface area contributed by atoms with Gasteiger partial charge in [0.15, 0.2) is 0 Å². The summed E-state index contributed by atoms with van der Waals surface area (Å²) in [4.78, 5) is 11.6. The highest BCUT2D eigenvalue weighted by Crippen LogP contribution is 2.47. The largest absolute Gasteiger partial charge is 0.494 e. The molecule has 0 saturated heterocycles. The highest BCUT2D eigenvalue weighted by molar-refractivity contribution is 5.89. The number of hydrogen-bond acceptors (Lipinski definition) is 2. The van der Waals surface area contributed by atoms with Crippen LogP contribution in [-0.2, 0) is 22.0 Å².